The molecular formula is C47H84O6. The first-order valence-electron chi connectivity index (χ1n) is 22.5. The first-order chi connectivity index (χ1) is 26.0. The van der Waals surface area contributed by atoms with Gasteiger partial charge >= 0.3 is 17.9 Å². The van der Waals surface area contributed by atoms with E-state index in [2.05, 4.69) is 57.2 Å². The SMILES string of the molecule is CCCCC/C=C\C/C=C\C/C=C\CCCCCCCCC(=O)OCC(COC(=O)CCCCCCCCC)OC(=O)CCCCCCCCCCC. The number of hydrogen-bond acceptors (Lipinski definition) is 6. The van der Waals surface area contributed by atoms with Crippen molar-refractivity contribution in [2.24, 2.45) is 0 Å². The van der Waals surface area contributed by atoms with E-state index in [4.69, 9.17) is 14.2 Å². The molecule has 0 aliphatic heterocycles. The van der Waals surface area contributed by atoms with E-state index in [0.717, 1.165) is 77.0 Å². The Balaban J connectivity index is 4.24. The number of carbonyl (C=O) groups excluding carboxylic acids is 3. The zero-order valence-corrected chi connectivity index (χ0v) is 35.0. The molecular weight excluding hydrogens is 661 g/mol. The van der Waals surface area contributed by atoms with Crippen molar-refractivity contribution in [1.82, 2.24) is 0 Å². The van der Waals surface area contributed by atoms with Gasteiger partial charge in [-0.2, -0.15) is 0 Å². The van der Waals surface area contributed by atoms with Crippen molar-refractivity contribution in [3.05, 3.63) is 36.5 Å². The van der Waals surface area contributed by atoms with Gasteiger partial charge in [0.15, 0.2) is 6.10 Å². The lowest BCUT2D eigenvalue weighted by molar-refractivity contribution is -0.167. The second-order valence-corrected chi connectivity index (χ2v) is 15.0. The lowest BCUT2D eigenvalue weighted by Crippen LogP contribution is -2.30. The first-order valence-corrected chi connectivity index (χ1v) is 22.5. The van der Waals surface area contributed by atoms with Crippen molar-refractivity contribution in [3.8, 4) is 0 Å². The number of carbonyl (C=O) groups is 3. The number of ether oxygens (including phenoxy) is 3. The molecule has 6 nitrogen and oxygen atoms in total. The summed E-state index contributed by atoms with van der Waals surface area (Å²) in [5.41, 5.74) is 0. The second-order valence-electron chi connectivity index (χ2n) is 15.0. The largest absolute Gasteiger partial charge is 0.462 e. The molecule has 0 fully saturated rings. The predicted octanol–water partition coefficient (Wildman–Crippen LogP) is 14.2. The van der Waals surface area contributed by atoms with Crippen LogP contribution in [0, 0.1) is 0 Å². The van der Waals surface area contributed by atoms with Crippen LogP contribution in [0.3, 0.4) is 0 Å². The minimum atomic E-state index is -0.768. The van der Waals surface area contributed by atoms with Crippen LogP contribution in [0.25, 0.3) is 0 Å². The maximum absolute atomic E-state index is 12.6. The first kappa shape index (κ1) is 50.6. The fourth-order valence-corrected chi connectivity index (χ4v) is 6.21. The molecule has 308 valence electrons. The van der Waals surface area contributed by atoms with Gasteiger partial charge < -0.3 is 14.2 Å². The van der Waals surface area contributed by atoms with Crippen LogP contribution in [0.1, 0.15) is 226 Å². The summed E-state index contributed by atoms with van der Waals surface area (Å²) in [4.78, 5) is 37.5. The molecule has 0 N–H and O–H groups in total. The molecule has 6 heteroatoms. The summed E-state index contributed by atoms with van der Waals surface area (Å²) in [6, 6.07) is 0. The van der Waals surface area contributed by atoms with Crippen LogP contribution in [-0.2, 0) is 28.6 Å². The Morgan fingerprint density at radius 2 is 0.679 bits per heavy atom. The standard InChI is InChI=1S/C47H84O6/c1-4-7-10-13-16-18-19-20-21-22-23-24-25-26-27-29-31-34-37-40-46(49)52-43-44(42-51-45(48)39-36-33-30-15-12-9-6-3)53-47(50)41-38-35-32-28-17-14-11-8-5-2/h16,18,20-21,23-24,44H,4-15,17,19,22,25-43H2,1-3H3/b18-16-,21-20-,24-23-. The van der Waals surface area contributed by atoms with Crippen LogP contribution in [0.15, 0.2) is 36.5 Å². The lowest BCUT2D eigenvalue weighted by Gasteiger charge is -2.18. The Labute approximate surface area is 327 Å². The van der Waals surface area contributed by atoms with E-state index >= 15 is 0 Å². The Kier molecular flexibility index (Phi) is 40.5. The maximum atomic E-state index is 12.6. The minimum Gasteiger partial charge on any atom is -0.462 e. The van der Waals surface area contributed by atoms with E-state index in [1.807, 2.05) is 0 Å². The molecule has 0 aliphatic carbocycles. The van der Waals surface area contributed by atoms with Crippen molar-refractivity contribution in [2.45, 2.75) is 232 Å². The van der Waals surface area contributed by atoms with Gasteiger partial charge in [0.1, 0.15) is 13.2 Å². The van der Waals surface area contributed by atoms with Gasteiger partial charge in [-0.1, -0.05) is 186 Å². The van der Waals surface area contributed by atoms with Gasteiger partial charge in [0, 0.05) is 19.3 Å². The molecule has 0 bridgehead atoms. The van der Waals surface area contributed by atoms with Crippen molar-refractivity contribution in [2.75, 3.05) is 13.2 Å². The Hall–Kier alpha value is -2.37. The van der Waals surface area contributed by atoms with Crippen molar-refractivity contribution >= 4 is 17.9 Å². The maximum Gasteiger partial charge on any atom is 0.306 e. The molecule has 53 heavy (non-hydrogen) atoms. The monoisotopic (exact) mass is 745 g/mol. The summed E-state index contributed by atoms with van der Waals surface area (Å²) in [5, 5.41) is 0. The Morgan fingerprint density at radius 3 is 1.09 bits per heavy atom. The molecule has 0 saturated heterocycles. The number of rotatable bonds is 40. The average Bonchev–Trinajstić information content (AvgIpc) is 3.15. The van der Waals surface area contributed by atoms with Crippen LogP contribution in [0.2, 0.25) is 0 Å². The quantitative estimate of drug-likeness (QED) is 0.0269. The molecule has 0 aliphatic rings. The lowest BCUT2D eigenvalue weighted by atomic mass is 10.1. The van der Waals surface area contributed by atoms with Gasteiger partial charge in [-0.3, -0.25) is 14.4 Å². The van der Waals surface area contributed by atoms with Gasteiger partial charge in [0.05, 0.1) is 0 Å². The van der Waals surface area contributed by atoms with Crippen LogP contribution >= 0.6 is 0 Å². The van der Waals surface area contributed by atoms with Crippen LogP contribution in [-0.4, -0.2) is 37.2 Å². The highest BCUT2D eigenvalue weighted by Crippen LogP contribution is 2.14. The molecule has 0 saturated carbocycles. The third-order valence-electron chi connectivity index (χ3n) is 9.65. The smallest absolute Gasteiger partial charge is 0.306 e. The molecule has 0 heterocycles. The molecule has 0 rings (SSSR count). The van der Waals surface area contributed by atoms with Crippen molar-refractivity contribution in [3.63, 3.8) is 0 Å². The van der Waals surface area contributed by atoms with Crippen LogP contribution in [0.4, 0.5) is 0 Å². The molecule has 0 spiro atoms. The molecule has 0 amide bonds. The highest BCUT2D eigenvalue weighted by Gasteiger charge is 2.19. The van der Waals surface area contributed by atoms with E-state index in [9.17, 15) is 14.4 Å². The zero-order valence-electron chi connectivity index (χ0n) is 35.0. The fraction of sp³-hybridized carbons (Fsp3) is 0.809. The number of esters is 3. The third kappa shape index (κ3) is 40.6. The summed E-state index contributed by atoms with van der Waals surface area (Å²) < 4.78 is 16.6. The molecule has 0 radical (unpaired) electrons. The van der Waals surface area contributed by atoms with E-state index in [1.165, 1.54) is 109 Å². The topological polar surface area (TPSA) is 78.9 Å². The van der Waals surface area contributed by atoms with Crippen molar-refractivity contribution in [1.29, 1.82) is 0 Å². The number of allylic oxidation sites excluding steroid dienone is 6. The molecule has 0 aromatic carbocycles. The van der Waals surface area contributed by atoms with E-state index < -0.39 is 6.10 Å². The average molecular weight is 745 g/mol. The fourth-order valence-electron chi connectivity index (χ4n) is 6.21. The molecule has 0 aromatic rings. The zero-order chi connectivity index (χ0) is 38.7. The summed E-state index contributed by atoms with van der Waals surface area (Å²) in [5.74, 6) is -0.896. The number of hydrogen-bond donors (Lipinski definition) is 0. The minimum absolute atomic E-state index is 0.0745. The number of unbranched alkanes of at least 4 members (excludes halogenated alkanes) is 23. The van der Waals surface area contributed by atoms with Gasteiger partial charge in [0.25, 0.3) is 0 Å². The van der Waals surface area contributed by atoms with Crippen LogP contribution in [0.5, 0.6) is 0 Å². The van der Waals surface area contributed by atoms with E-state index in [1.54, 1.807) is 0 Å². The predicted molar refractivity (Wildman–Crippen MR) is 224 cm³/mol. The van der Waals surface area contributed by atoms with Gasteiger partial charge in [-0.25, -0.2) is 0 Å². The second kappa shape index (κ2) is 42.4. The summed E-state index contributed by atoms with van der Waals surface area (Å²) in [7, 11) is 0. The van der Waals surface area contributed by atoms with E-state index in [-0.39, 0.29) is 31.1 Å². The molecule has 1 unspecified atom stereocenters. The highest BCUT2D eigenvalue weighted by molar-refractivity contribution is 5.71. The molecule has 0 aromatic heterocycles. The Bertz CT molecular complexity index is 907. The summed E-state index contributed by atoms with van der Waals surface area (Å²) in [6.07, 6.45) is 47.1. The Morgan fingerprint density at radius 1 is 0.377 bits per heavy atom. The van der Waals surface area contributed by atoms with E-state index in [0.29, 0.717) is 19.3 Å². The van der Waals surface area contributed by atoms with Crippen LogP contribution < -0.4 is 0 Å². The summed E-state index contributed by atoms with van der Waals surface area (Å²) in [6.45, 7) is 6.53. The normalized spacial score (nSPS) is 12.3. The van der Waals surface area contributed by atoms with Crippen molar-refractivity contribution < 1.29 is 28.6 Å². The van der Waals surface area contributed by atoms with Gasteiger partial charge in [-0.15, -0.1) is 0 Å². The summed E-state index contributed by atoms with van der Waals surface area (Å²) >= 11 is 0. The van der Waals surface area contributed by atoms with Gasteiger partial charge in [-0.05, 0) is 57.8 Å². The highest BCUT2D eigenvalue weighted by atomic mass is 16.6. The van der Waals surface area contributed by atoms with Gasteiger partial charge in [0.2, 0.25) is 0 Å². The molecule has 1 atom stereocenters. The third-order valence-corrected chi connectivity index (χ3v) is 9.65.